The van der Waals surface area contributed by atoms with Crippen LogP contribution < -0.4 is 15.0 Å². The number of aryl methyl sites for hydroxylation is 1. The molecular formula is C27H31N3O4S. The van der Waals surface area contributed by atoms with Gasteiger partial charge in [-0.25, -0.2) is 18.1 Å². The molecule has 3 aromatic rings. The Hall–Kier alpha value is -2.97. The second kappa shape index (κ2) is 9.24. The van der Waals surface area contributed by atoms with Gasteiger partial charge >= 0.3 is 0 Å². The van der Waals surface area contributed by atoms with Crippen molar-refractivity contribution < 1.29 is 13.2 Å². The molecular weight excluding hydrogens is 462 g/mol. The molecule has 0 fully saturated rings. The highest BCUT2D eigenvalue weighted by molar-refractivity contribution is 7.88. The monoisotopic (exact) mass is 493 g/mol. The zero-order valence-electron chi connectivity index (χ0n) is 20.3. The van der Waals surface area contributed by atoms with Crippen LogP contribution in [0.3, 0.4) is 0 Å². The van der Waals surface area contributed by atoms with E-state index in [0.29, 0.717) is 31.4 Å². The Bertz CT molecular complexity index is 1430. The molecule has 1 aliphatic carbocycles. The van der Waals surface area contributed by atoms with Crippen LogP contribution in [0, 0.1) is 0 Å². The maximum absolute atomic E-state index is 13.5. The smallest absolute Gasteiger partial charge is 0.257 e. The molecule has 1 aliphatic heterocycles. The van der Waals surface area contributed by atoms with Crippen LogP contribution in [0.4, 0.5) is 0 Å². The molecule has 1 aromatic heterocycles. The van der Waals surface area contributed by atoms with E-state index in [1.54, 1.807) is 10.9 Å². The minimum atomic E-state index is -3.44. The first-order valence-electron chi connectivity index (χ1n) is 12.1. The van der Waals surface area contributed by atoms with Crippen LogP contribution in [0.1, 0.15) is 54.6 Å². The first-order valence-corrected chi connectivity index (χ1v) is 14.0. The van der Waals surface area contributed by atoms with E-state index in [4.69, 9.17) is 4.74 Å². The quantitative estimate of drug-likeness (QED) is 0.567. The predicted octanol–water partition coefficient (Wildman–Crippen LogP) is 3.62. The van der Waals surface area contributed by atoms with Crippen molar-refractivity contribution in [2.24, 2.45) is 0 Å². The second-order valence-electron chi connectivity index (χ2n) is 9.85. The molecule has 7 nitrogen and oxygen atoms in total. The van der Waals surface area contributed by atoms with Crippen LogP contribution in [0.25, 0.3) is 11.1 Å². The molecule has 2 unspecified atom stereocenters. The van der Waals surface area contributed by atoms with Gasteiger partial charge in [-0.3, -0.25) is 9.36 Å². The third-order valence-electron chi connectivity index (χ3n) is 6.99. The van der Waals surface area contributed by atoms with Gasteiger partial charge in [0.1, 0.15) is 5.75 Å². The zero-order chi connectivity index (χ0) is 24.7. The van der Waals surface area contributed by atoms with Gasteiger partial charge in [0.05, 0.1) is 24.9 Å². The average Bonchev–Trinajstić information content (AvgIpc) is 3.29. The molecule has 0 saturated heterocycles. The van der Waals surface area contributed by atoms with Gasteiger partial charge in [0.15, 0.2) is 0 Å². The Labute approximate surface area is 206 Å². The van der Waals surface area contributed by atoms with Gasteiger partial charge in [0, 0.05) is 35.5 Å². The Morgan fingerprint density at radius 2 is 1.97 bits per heavy atom. The van der Waals surface area contributed by atoms with Gasteiger partial charge in [-0.15, -0.1) is 0 Å². The van der Waals surface area contributed by atoms with Crippen molar-refractivity contribution in [3.05, 3.63) is 81.5 Å². The minimum Gasteiger partial charge on any atom is -0.492 e. The molecule has 0 radical (unpaired) electrons. The summed E-state index contributed by atoms with van der Waals surface area (Å²) < 4.78 is 34.7. The Morgan fingerprint density at radius 1 is 1.17 bits per heavy atom. The summed E-state index contributed by atoms with van der Waals surface area (Å²) in [4.78, 5) is 18.1. The second-order valence-corrected chi connectivity index (χ2v) is 11.6. The summed E-state index contributed by atoms with van der Waals surface area (Å²) in [7, 11) is -3.44. The number of hydrogen-bond donors (Lipinski definition) is 1. The number of ether oxygens (including phenoxy) is 1. The normalized spacial score (nSPS) is 19.3. The van der Waals surface area contributed by atoms with Crippen LogP contribution in [-0.2, 0) is 29.3 Å². The number of aromatic nitrogens is 2. The van der Waals surface area contributed by atoms with Crippen LogP contribution >= 0.6 is 0 Å². The molecule has 1 N–H and O–H groups in total. The predicted molar refractivity (Wildman–Crippen MR) is 136 cm³/mol. The maximum Gasteiger partial charge on any atom is 0.257 e. The Kier molecular flexibility index (Phi) is 6.27. The summed E-state index contributed by atoms with van der Waals surface area (Å²) in [6.07, 6.45) is 5.40. The standard InChI is InChI=1S/C27H31N3O4S/c1-17(2)30-16-28-24-11-10-23(29-35(3,32)33)22(25(24)27(30)31)15-18-6-4-8-20(14-18)21-9-5-7-19-12-13-34-26(19)21/h4-9,14,16-17,22-23,29H,10-13,15H2,1-3H3. The van der Waals surface area contributed by atoms with Gasteiger partial charge in [-0.05, 0) is 49.8 Å². The van der Waals surface area contributed by atoms with E-state index in [1.165, 1.54) is 11.8 Å². The van der Waals surface area contributed by atoms with Crippen molar-refractivity contribution in [2.45, 2.75) is 57.5 Å². The lowest BCUT2D eigenvalue weighted by atomic mass is 9.78. The highest BCUT2D eigenvalue weighted by Gasteiger charge is 2.35. The molecule has 2 atom stereocenters. The van der Waals surface area contributed by atoms with E-state index in [2.05, 4.69) is 40.0 Å². The number of benzene rings is 2. The Morgan fingerprint density at radius 3 is 2.74 bits per heavy atom. The van der Waals surface area contributed by atoms with Crippen molar-refractivity contribution in [3.63, 3.8) is 0 Å². The molecule has 5 rings (SSSR count). The van der Waals surface area contributed by atoms with E-state index < -0.39 is 10.0 Å². The fraction of sp³-hybridized carbons (Fsp3) is 0.407. The van der Waals surface area contributed by atoms with Gasteiger partial charge in [-0.1, -0.05) is 42.5 Å². The molecule has 35 heavy (non-hydrogen) atoms. The lowest BCUT2D eigenvalue weighted by Crippen LogP contribution is -2.45. The first-order chi connectivity index (χ1) is 16.7. The van der Waals surface area contributed by atoms with E-state index in [-0.39, 0.29) is 23.6 Å². The molecule has 0 saturated carbocycles. The number of sulfonamides is 1. The number of nitrogens with one attached hydrogen (secondary N) is 1. The van der Waals surface area contributed by atoms with Gasteiger partial charge in [0.2, 0.25) is 10.0 Å². The van der Waals surface area contributed by atoms with Gasteiger partial charge < -0.3 is 4.74 Å². The lowest BCUT2D eigenvalue weighted by molar-refractivity contribution is 0.358. The number of rotatable bonds is 6. The zero-order valence-corrected chi connectivity index (χ0v) is 21.1. The molecule has 8 heteroatoms. The summed E-state index contributed by atoms with van der Waals surface area (Å²) in [5.41, 5.74) is 5.68. The number of nitrogens with zero attached hydrogens (tertiary/aromatic N) is 2. The van der Waals surface area contributed by atoms with Crippen LogP contribution in [0.15, 0.2) is 53.6 Å². The fourth-order valence-electron chi connectivity index (χ4n) is 5.37. The Balaban J connectivity index is 1.56. The van der Waals surface area contributed by atoms with Crippen LogP contribution in [-0.4, -0.2) is 36.9 Å². The highest BCUT2D eigenvalue weighted by Crippen LogP contribution is 2.38. The summed E-state index contributed by atoms with van der Waals surface area (Å²) in [6.45, 7) is 4.59. The minimum absolute atomic E-state index is 0.0345. The van der Waals surface area contributed by atoms with Crippen LogP contribution in [0.2, 0.25) is 0 Å². The molecule has 2 aromatic carbocycles. The van der Waals surface area contributed by atoms with Crippen molar-refractivity contribution in [1.82, 2.24) is 14.3 Å². The lowest BCUT2D eigenvalue weighted by Gasteiger charge is -2.33. The topological polar surface area (TPSA) is 90.3 Å². The fourth-order valence-corrected chi connectivity index (χ4v) is 6.21. The third kappa shape index (κ3) is 4.77. The van der Waals surface area contributed by atoms with E-state index >= 15 is 0 Å². The van der Waals surface area contributed by atoms with Crippen LogP contribution in [0.5, 0.6) is 5.75 Å². The summed E-state index contributed by atoms with van der Waals surface area (Å²) >= 11 is 0. The van der Waals surface area contributed by atoms with Crippen molar-refractivity contribution in [2.75, 3.05) is 12.9 Å². The first kappa shape index (κ1) is 23.8. The average molecular weight is 494 g/mol. The highest BCUT2D eigenvalue weighted by atomic mass is 32.2. The van der Waals surface area contributed by atoms with E-state index in [9.17, 15) is 13.2 Å². The molecule has 2 aliphatic rings. The van der Waals surface area contributed by atoms with Crippen molar-refractivity contribution in [3.8, 4) is 16.9 Å². The summed E-state index contributed by atoms with van der Waals surface area (Å²) in [5, 5.41) is 0. The summed E-state index contributed by atoms with van der Waals surface area (Å²) in [5.74, 6) is 0.626. The third-order valence-corrected chi connectivity index (χ3v) is 7.72. The number of fused-ring (bicyclic) bond motifs is 2. The molecule has 0 spiro atoms. The molecule has 184 valence electrons. The number of para-hydroxylation sites is 1. The molecule has 0 bridgehead atoms. The summed E-state index contributed by atoms with van der Waals surface area (Å²) in [6, 6.07) is 14.1. The van der Waals surface area contributed by atoms with E-state index in [1.807, 2.05) is 26.0 Å². The largest absolute Gasteiger partial charge is 0.492 e. The SMILES string of the molecule is CC(C)n1cnc2c(c1=O)C(Cc1cccc(-c3cccc4c3OCC4)c1)C(NS(C)(=O)=O)CC2. The van der Waals surface area contributed by atoms with E-state index in [0.717, 1.165) is 34.6 Å². The van der Waals surface area contributed by atoms with Crippen molar-refractivity contribution >= 4 is 10.0 Å². The van der Waals surface area contributed by atoms with Crippen molar-refractivity contribution in [1.29, 1.82) is 0 Å². The number of hydrogen-bond acceptors (Lipinski definition) is 5. The molecule has 2 heterocycles. The maximum atomic E-state index is 13.5. The molecule has 0 amide bonds. The van der Waals surface area contributed by atoms with Gasteiger partial charge in [0.25, 0.3) is 5.56 Å². The van der Waals surface area contributed by atoms with Gasteiger partial charge in [-0.2, -0.15) is 0 Å².